The summed E-state index contributed by atoms with van der Waals surface area (Å²) in [5.41, 5.74) is 8.01. The lowest BCUT2D eigenvalue weighted by Crippen LogP contribution is -2.37. The number of fused-ring (bicyclic) bond motifs is 1. The van der Waals surface area contributed by atoms with Gasteiger partial charge >= 0.3 is 0 Å². The van der Waals surface area contributed by atoms with Crippen LogP contribution in [-0.4, -0.2) is 11.8 Å². The highest BCUT2D eigenvalue weighted by Gasteiger charge is 2.21. The molecule has 12 heavy (non-hydrogen) atoms. The number of carbonyl (C=O) groups excluding carboxylic acids is 1. The minimum absolute atomic E-state index is 0.161. The van der Waals surface area contributed by atoms with Crippen molar-refractivity contribution in [3.8, 4) is 0 Å². The van der Waals surface area contributed by atoms with E-state index in [0.29, 0.717) is 12.8 Å². The monoisotopic (exact) mass is 161 g/mol. The molecule has 2 N–H and O–H groups in total. The molecule has 0 saturated carbocycles. The van der Waals surface area contributed by atoms with Crippen molar-refractivity contribution in [2.45, 2.75) is 18.9 Å². The molecule has 1 aromatic rings. The lowest BCUT2D eigenvalue weighted by Gasteiger charge is -2.19. The van der Waals surface area contributed by atoms with Crippen LogP contribution in [0.4, 0.5) is 0 Å². The summed E-state index contributed by atoms with van der Waals surface area (Å²) in [5, 5.41) is 0. The number of ketones is 1. The third kappa shape index (κ3) is 1.14. The van der Waals surface area contributed by atoms with Crippen LogP contribution < -0.4 is 5.73 Å². The van der Waals surface area contributed by atoms with Crippen LogP contribution in [0.15, 0.2) is 24.3 Å². The van der Waals surface area contributed by atoms with Crippen LogP contribution in [0, 0.1) is 0 Å². The van der Waals surface area contributed by atoms with E-state index in [4.69, 9.17) is 5.73 Å². The molecule has 0 bridgehead atoms. The van der Waals surface area contributed by atoms with Gasteiger partial charge in [-0.3, -0.25) is 4.79 Å². The van der Waals surface area contributed by atoms with Crippen LogP contribution in [0.25, 0.3) is 0 Å². The Labute approximate surface area is 71.4 Å². The van der Waals surface area contributed by atoms with Gasteiger partial charge in [-0.05, 0) is 17.5 Å². The van der Waals surface area contributed by atoms with Gasteiger partial charge in [0.25, 0.3) is 0 Å². The molecular weight excluding hydrogens is 150 g/mol. The van der Waals surface area contributed by atoms with Gasteiger partial charge in [-0.1, -0.05) is 24.3 Å². The molecular formula is C10H11NO. The number of carbonyl (C=O) groups is 1. The van der Waals surface area contributed by atoms with Crippen molar-refractivity contribution in [2.75, 3.05) is 0 Å². The number of Topliss-reactive ketones (excluding diaryl/α,β-unsaturated/α-hetero) is 1. The Morgan fingerprint density at radius 2 is 1.92 bits per heavy atom. The van der Waals surface area contributed by atoms with Crippen molar-refractivity contribution in [3.63, 3.8) is 0 Å². The van der Waals surface area contributed by atoms with E-state index in [-0.39, 0.29) is 11.8 Å². The highest BCUT2D eigenvalue weighted by molar-refractivity contribution is 5.88. The van der Waals surface area contributed by atoms with Crippen molar-refractivity contribution in [1.29, 1.82) is 0 Å². The molecule has 0 saturated heterocycles. The zero-order valence-corrected chi connectivity index (χ0v) is 6.79. The normalized spacial score (nSPS) is 22.1. The zero-order chi connectivity index (χ0) is 8.55. The lowest BCUT2D eigenvalue weighted by atomic mass is 9.88. The predicted octanol–water partition coefficient (Wildman–Crippen LogP) is 0.682. The summed E-state index contributed by atoms with van der Waals surface area (Å²) in [7, 11) is 0. The molecule has 2 heteroatoms. The van der Waals surface area contributed by atoms with Crippen LogP contribution in [-0.2, 0) is 17.6 Å². The summed E-state index contributed by atoms with van der Waals surface area (Å²) in [4.78, 5) is 11.2. The van der Waals surface area contributed by atoms with Gasteiger partial charge in [0.05, 0.1) is 6.04 Å². The second kappa shape index (κ2) is 2.72. The number of hydrogen-bond donors (Lipinski definition) is 1. The maximum atomic E-state index is 11.2. The first-order valence-electron chi connectivity index (χ1n) is 4.12. The standard InChI is InChI=1S/C10H11NO/c11-9-5-7-3-1-2-4-8(7)6-10(9)12/h1-4,9H,5-6,11H2/t9-/m1/s1. The predicted molar refractivity (Wildman–Crippen MR) is 46.8 cm³/mol. The summed E-state index contributed by atoms with van der Waals surface area (Å²) >= 11 is 0. The largest absolute Gasteiger partial charge is 0.321 e. The van der Waals surface area contributed by atoms with Crippen molar-refractivity contribution in [3.05, 3.63) is 35.4 Å². The minimum atomic E-state index is -0.278. The second-order valence-electron chi connectivity index (χ2n) is 3.22. The number of rotatable bonds is 0. The maximum Gasteiger partial charge on any atom is 0.154 e. The third-order valence-corrected chi connectivity index (χ3v) is 2.34. The molecule has 1 aromatic carbocycles. The molecule has 2 rings (SSSR count). The fourth-order valence-corrected chi connectivity index (χ4v) is 1.60. The Balaban J connectivity index is 2.40. The van der Waals surface area contributed by atoms with E-state index in [9.17, 15) is 4.79 Å². The fraction of sp³-hybridized carbons (Fsp3) is 0.300. The Bertz CT molecular complexity index is 319. The molecule has 0 unspecified atom stereocenters. The summed E-state index contributed by atoms with van der Waals surface area (Å²) in [5.74, 6) is 0.161. The van der Waals surface area contributed by atoms with Crippen molar-refractivity contribution in [1.82, 2.24) is 0 Å². The van der Waals surface area contributed by atoms with E-state index < -0.39 is 0 Å². The van der Waals surface area contributed by atoms with E-state index in [1.54, 1.807) is 0 Å². The Morgan fingerprint density at radius 1 is 1.25 bits per heavy atom. The van der Waals surface area contributed by atoms with Gasteiger partial charge in [-0.15, -0.1) is 0 Å². The molecule has 0 aliphatic heterocycles. The first-order valence-corrected chi connectivity index (χ1v) is 4.12. The quantitative estimate of drug-likeness (QED) is 0.608. The first kappa shape index (κ1) is 7.50. The Kier molecular flexibility index (Phi) is 1.70. The molecule has 0 radical (unpaired) electrons. The molecule has 0 spiro atoms. The smallest absolute Gasteiger partial charge is 0.154 e. The molecule has 0 amide bonds. The average Bonchev–Trinajstić information content (AvgIpc) is 2.07. The zero-order valence-electron chi connectivity index (χ0n) is 6.79. The molecule has 1 aliphatic carbocycles. The molecule has 0 fully saturated rings. The van der Waals surface area contributed by atoms with Crippen molar-refractivity contribution in [2.24, 2.45) is 5.73 Å². The fourth-order valence-electron chi connectivity index (χ4n) is 1.60. The van der Waals surface area contributed by atoms with Gasteiger partial charge in [-0.25, -0.2) is 0 Å². The van der Waals surface area contributed by atoms with E-state index in [1.165, 1.54) is 5.56 Å². The van der Waals surface area contributed by atoms with Crippen LogP contribution in [0.5, 0.6) is 0 Å². The van der Waals surface area contributed by atoms with Crippen LogP contribution in [0.2, 0.25) is 0 Å². The molecule has 1 aliphatic rings. The van der Waals surface area contributed by atoms with Crippen LogP contribution in [0.1, 0.15) is 11.1 Å². The number of nitrogens with two attached hydrogens (primary N) is 1. The summed E-state index contributed by atoms with van der Waals surface area (Å²) in [6.45, 7) is 0. The minimum Gasteiger partial charge on any atom is -0.321 e. The lowest BCUT2D eigenvalue weighted by molar-refractivity contribution is -0.120. The molecule has 1 atom stereocenters. The molecule has 2 nitrogen and oxygen atoms in total. The van der Waals surface area contributed by atoms with E-state index in [2.05, 4.69) is 0 Å². The second-order valence-corrected chi connectivity index (χ2v) is 3.22. The van der Waals surface area contributed by atoms with Gasteiger partial charge in [0.2, 0.25) is 0 Å². The van der Waals surface area contributed by atoms with Gasteiger partial charge in [0, 0.05) is 6.42 Å². The molecule has 0 heterocycles. The number of benzene rings is 1. The van der Waals surface area contributed by atoms with Crippen LogP contribution >= 0.6 is 0 Å². The molecule has 0 aromatic heterocycles. The van der Waals surface area contributed by atoms with Gasteiger partial charge in [-0.2, -0.15) is 0 Å². The van der Waals surface area contributed by atoms with Gasteiger partial charge in [0.15, 0.2) is 5.78 Å². The first-order chi connectivity index (χ1) is 5.77. The van der Waals surface area contributed by atoms with E-state index in [1.807, 2.05) is 24.3 Å². The average molecular weight is 161 g/mol. The third-order valence-electron chi connectivity index (χ3n) is 2.34. The van der Waals surface area contributed by atoms with E-state index in [0.717, 1.165) is 5.56 Å². The Hall–Kier alpha value is -1.15. The highest BCUT2D eigenvalue weighted by Crippen LogP contribution is 2.17. The van der Waals surface area contributed by atoms with Crippen molar-refractivity contribution < 1.29 is 4.79 Å². The highest BCUT2D eigenvalue weighted by atomic mass is 16.1. The summed E-state index contributed by atoms with van der Waals surface area (Å²) in [6, 6.07) is 7.71. The topological polar surface area (TPSA) is 43.1 Å². The summed E-state index contributed by atoms with van der Waals surface area (Å²) in [6.07, 6.45) is 1.21. The van der Waals surface area contributed by atoms with Gasteiger partial charge < -0.3 is 5.73 Å². The number of hydrogen-bond acceptors (Lipinski definition) is 2. The van der Waals surface area contributed by atoms with Crippen molar-refractivity contribution >= 4 is 5.78 Å². The van der Waals surface area contributed by atoms with E-state index >= 15 is 0 Å². The Morgan fingerprint density at radius 3 is 2.67 bits per heavy atom. The van der Waals surface area contributed by atoms with Gasteiger partial charge in [0.1, 0.15) is 0 Å². The summed E-state index contributed by atoms with van der Waals surface area (Å²) < 4.78 is 0. The maximum absolute atomic E-state index is 11.2. The SMILES string of the molecule is N[C@@H]1Cc2ccccc2CC1=O. The molecule has 62 valence electrons. The van der Waals surface area contributed by atoms with Crippen LogP contribution in [0.3, 0.4) is 0 Å².